The molecule has 0 bridgehead atoms. The van der Waals surface area contributed by atoms with Crippen molar-refractivity contribution in [1.82, 2.24) is 10.6 Å². The molecule has 0 radical (unpaired) electrons. The molecule has 1 atom stereocenters. The highest BCUT2D eigenvalue weighted by Gasteiger charge is 2.23. The van der Waals surface area contributed by atoms with Crippen molar-refractivity contribution >= 4 is 33.6 Å². The van der Waals surface area contributed by atoms with Gasteiger partial charge in [-0.25, -0.2) is 4.79 Å². The third kappa shape index (κ3) is 1.86. The summed E-state index contributed by atoms with van der Waals surface area (Å²) in [6, 6.07) is 5.42. The molecule has 1 aromatic carbocycles. The second kappa shape index (κ2) is 3.79. The molecule has 5 heteroatoms. The Bertz CT molecular complexity index is 383. The van der Waals surface area contributed by atoms with E-state index in [1.807, 2.05) is 18.2 Å². The van der Waals surface area contributed by atoms with Crippen LogP contribution in [0.5, 0.6) is 0 Å². The lowest BCUT2D eigenvalue weighted by Crippen LogP contribution is -2.21. The summed E-state index contributed by atoms with van der Waals surface area (Å²) in [5.74, 6) is 0. The largest absolute Gasteiger partial charge is 0.336 e. The van der Waals surface area contributed by atoms with Gasteiger partial charge in [0.1, 0.15) is 0 Å². The molecule has 1 aromatic rings. The lowest BCUT2D eigenvalue weighted by atomic mass is 10.1. The minimum absolute atomic E-state index is 0.0347. The molecule has 1 aliphatic rings. The molecule has 1 fully saturated rings. The van der Waals surface area contributed by atoms with Gasteiger partial charge in [-0.15, -0.1) is 0 Å². The monoisotopic (exact) mass is 274 g/mol. The summed E-state index contributed by atoms with van der Waals surface area (Å²) < 4.78 is 0.957. The van der Waals surface area contributed by atoms with E-state index in [1.165, 1.54) is 0 Å². The molecule has 14 heavy (non-hydrogen) atoms. The van der Waals surface area contributed by atoms with Crippen LogP contribution in [0.1, 0.15) is 11.6 Å². The molecule has 74 valence electrons. The minimum atomic E-state index is -0.147. The Morgan fingerprint density at radius 2 is 2.29 bits per heavy atom. The average molecular weight is 276 g/mol. The van der Waals surface area contributed by atoms with Crippen molar-refractivity contribution in [3.05, 3.63) is 33.3 Å². The van der Waals surface area contributed by atoms with Gasteiger partial charge in [-0.2, -0.15) is 0 Å². The van der Waals surface area contributed by atoms with Crippen LogP contribution in [-0.2, 0) is 0 Å². The molecule has 1 heterocycles. The number of urea groups is 1. The van der Waals surface area contributed by atoms with E-state index < -0.39 is 0 Å². The molecule has 2 N–H and O–H groups in total. The predicted octanol–water partition coefficient (Wildman–Crippen LogP) is 2.46. The van der Waals surface area contributed by atoms with Crippen molar-refractivity contribution in [2.75, 3.05) is 6.54 Å². The number of carbonyl (C=O) groups is 1. The lowest BCUT2D eigenvalue weighted by Gasteiger charge is -2.11. The van der Waals surface area contributed by atoms with E-state index in [9.17, 15) is 4.79 Å². The molecule has 3 nitrogen and oxygen atoms in total. The van der Waals surface area contributed by atoms with Gasteiger partial charge in [-0.1, -0.05) is 27.5 Å². The summed E-state index contributed by atoms with van der Waals surface area (Å²) in [6.45, 7) is 0.578. The Morgan fingerprint density at radius 3 is 2.93 bits per heavy atom. The van der Waals surface area contributed by atoms with Crippen molar-refractivity contribution in [2.45, 2.75) is 6.04 Å². The SMILES string of the molecule is O=C1NC[C@@H](c2cc(Br)ccc2Cl)N1. The molecule has 0 saturated carbocycles. The third-order valence-electron chi connectivity index (χ3n) is 2.11. The van der Waals surface area contributed by atoms with Crippen LogP contribution in [0.25, 0.3) is 0 Å². The quantitative estimate of drug-likeness (QED) is 0.812. The first kappa shape index (κ1) is 9.80. The van der Waals surface area contributed by atoms with Crippen molar-refractivity contribution in [3.8, 4) is 0 Å². The second-order valence-electron chi connectivity index (χ2n) is 3.07. The van der Waals surface area contributed by atoms with Gasteiger partial charge in [0.2, 0.25) is 0 Å². The van der Waals surface area contributed by atoms with Crippen molar-refractivity contribution in [2.24, 2.45) is 0 Å². The standard InChI is InChI=1S/C9H8BrClN2O/c10-5-1-2-7(11)6(3-5)8-4-12-9(14)13-8/h1-3,8H,4H2,(H2,12,13,14)/t8-/m0/s1. The number of nitrogens with one attached hydrogen (secondary N) is 2. The summed E-state index contributed by atoms with van der Waals surface area (Å²) in [4.78, 5) is 10.9. The third-order valence-corrected chi connectivity index (χ3v) is 2.94. The zero-order chi connectivity index (χ0) is 10.1. The molecular formula is C9H8BrClN2O. The zero-order valence-corrected chi connectivity index (χ0v) is 9.52. The Balaban J connectivity index is 2.31. The first-order valence-corrected chi connectivity index (χ1v) is 5.33. The van der Waals surface area contributed by atoms with E-state index in [2.05, 4.69) is 26.6 Å². The van der Waals surface area contributed by atoms with E-state index in [0.29, 0.717) is 11.6 Å². The molecule has 1 saturated heterocycles. The summed E-state index contributed by atoms with van der Waals surface area (Å²) >= 11 is 9.39. The molecule has 0 unspecified atom stereocenters. The highest BCUT2D eigenvalue weighted by molar-refractivity contribution is 9.10. The van der Waals surface area contributed by atoms with Crippen LogP contribution in [0.15, 0.2) is 22.7 Å². The van der Waals surface area contributed by atoms with E-state index in [0.717, 1.165) is 10.0 Å². The van der Waals surface area contributed by atoms with Crippen molar-refractivity contribution < 1.29 is 4.79 Å². The van der Waals surface area contributed by atoms with Gasteiger partial charge in [0.05, 0.1) is 6.04 Å². The number of halogens is 2. The normalized spacial score (nSPS) is 20.4. The van der Waals surface area contributed by atoms with Gasteiger partial charge in [0, 0.05) is 16.0 Å². The van der Waals surface area contributed by atoms with Crippen LogP contribution in [0, 0.1) is 0 Å². The van der Waals surface area contributed by atoms with Crippen LogP contribution in [0.3, 0.4) is 0 Å². The van der Waals surface area contributed by atoms with E-state index in [4.69, 9.17) is 11.6 Å². The van der Waals surface area contributed by atoms with Crippen LogP contribution in [-0.4, -0.2) is 12.6 Å². The van der Waals surface area contributed by atoms with Crippen molar-refractivity contribution in [1.29, 1.82) is 0 Å². The van der Waals surface area contributed by atoms with E-state index >= 15 is 0 Å². The smallest absolute Gasteiger partial charge is 0.315 e. The lowest BCUT2D eigenvalue weighted by molar-refractivity contribution is 0.247. The number of hydrogen-bond donors (Lipinski definition) is 2. The first-order valence-electron chi connectivity index (χ1n) is 4.16. The van der Waals surface area contributed by atoms with E-state index in [-0.39, 0.29) is 12.1 Å². The topological polar surface area (TPSA) is 41.1 Å². The van der Waals surface area contributed by atoms with Gasteiger partial charge < -0.3 is 10.6 Å². The number of benzene rings is 1. The maximum Gasteiger partial charge on any atom is 0.315 e. The van der Waals surface area contributed by atoms with Crippen molar-refractivity contribution in [3.63, 3.8) is 0 Å². The first-order chi connectivity index (χ1) is 6.66. The number of hydrogen-bond acceptors (Lipinski definition) is 1. The number of rotatable bonds is 1. The van der Waals surface area contributed by atoms with Gasteiger partial charge in [0.25, 0.3) is 0 Å². The fraction of sp³-hybridized carbons (Fsp3) is 0.222. The Kier molecular flexibility index (Phi) is 2.65. The predicted molar refractivity (Wildman–Crippen MR) is 58.4 cm³/mol. The van der Waals surface area contributed by atoms with Gasteiger partial charge in [-0.05, 0) is 23.8 Å². The van der Waals surface area contributed by atoms with E-state index in [1.54, 1.807) is 0 Å². The highest BCUT2D eigenvalue weighted by Crippen LogP contribution is 2.27. The Labute approximate surface area is 95.0 Å². The average Bonchev–Trinajstić information content (AvgIpc) is 2.56. The molecule has 0 spiro atoms. The second-order valence-corrected chi connectivity index (χ2v) is 4.40. The maximum atomic E-state index is 10.9. The molecular weight excluding hydrogens is 267 g/mol. The summed E-state index contributed by atoms with van der Waals surface area (Å²) in [6.07, 6.45) is 0. The molecule has 0 aromatic heterocycles. The van der Waals surface area contributed by atoms with Crippen LogP contribution in [0.2, 0.25) is 5.02 Å². The summed E-state index contributed by atoms with van der Waals surface area (Å²) in [5.41, 5.74) is 0.930. The van der Waals surface area contributed by atoms with Crippen LogP contribution in [0.4, 0.5) is 4.79 Å². The zero-order valence-electron chi connectivity index (χ0n) is 7.18. The summed E-state index contributed by atoms with van der Waals surface area (Å²) in [5, 5.41) is 6.14. The van der Waals surface area contributed by atoms with Crippen LogP contribution < -0.4 is 10.6 Å². The van der Waals surface area contributed by atoms with Gasteiger partial charge in [0.15, 0.2) is 0 Å². The fourth-order valence-electron chi connectivity index (χ4n) is 1.42. The number of carbonyl (C=O) groups excluding carboxylic acids is 1. The number of amides is 2. The van der Waals surface area contributed by atoms with Gasteiger partial charge in [-0.3, -0.25) is 0 Å². The molecule has 2 amide bonds. The Morgan fingerprint density at radius 1 is 1.50 bits per heavy atom. The molecule has 0 aliphatic carbocycles. The minimum Gasteiger partial charge on any atom is -0.336 e. The molecule has 2 rings (SSSR count). The van der Waals surface area contributed by atoms with Gasteiger partial charge >= 0.3 is 6.03 Å². The highest BCUT2D eigenvalue weighted by atomic mass is 79.9. The Hall–Kier alpha value is -0.740. The van der Waals surface area contributed by atoms with Crippen LogP contribution >= 0.6 is 27.5 Å². The molecule has 1 aliphatic heterocycles. The fourth-order valence-corrected chi connectivity index (χ4v) is 2.05. The summed E-state index contributed by atoms with van der Waals surface area (Å²) in [7, 11) is 0. The maximum absolute atomic E-state index is 10.9.